The highest BCUT2D eigenvalue weighted by Crippen LogP contribution is 2.18. The van der Waals surface area contributed by atoms with E-state index in [1.807, 2.05) is 81.4 Å². The SMILES string of the molecule is CC(C)(C)NC(=O)[C@@H](Cc1ccccc1)N(Cc1ccc(F)cc1)C(=O)CCCOc1ccccc1. The van der Waals surface area contributed by atoms with Crippen molar-refractivity contribution >= 4 is 11.8 Å². The van der Waals surface area contributed by atoms with Gasteiger partial charge in [-0.25, -0.2) is 4.39 Å². The lowest BCUT2D eigenvalue weighted by Crippen LogP contribution is -2.54. The predicted octanol–water partition coefficient (Wildman–Crippen LogP) is 5.54. The molecule has 0 aromatic heterocycles. The van der Waals surface area contributed by atoms with Gasteiger partial charge in [-0.05, 0) is 62.6 Å². The van der Waals surface area contributed by atoms with Gasteiger partial charge in [0.15, 0.2) is 0 Å². The van der Waals surface area contributed by atoms with E-state index < -0.39 is 11.6 Å². The molecule has 3 aromatic carbocycles. The molecule has 0 heterocycles. The summed E-state index contributed by atoms with van der Waals surface area (Å²) in [5.74, 6) is 0.0314. The first kappa shape index (κ1) is 26.9. The number of ether oxygens (including phenoxy) is 1. The molecular formula is C30H35FN2O3. The minimum Gasteiger partial charge on any atom is -0.494 e. The molecule has 6 heteroatoms. The first-order chi connectivity index (χ1) is 17.2. The standard InChI is InChI=1S/C30H35FN2O3/c1-30(2,3)32-29(35)27(21-23-11-6-4-7-12-23)33(22-24-16-18-25(31)19-17-24)28(34)15-10-20-36-26-13-8-5-9-14-26/h4-9,11-14,16-19,27H,10,15,20-22H2,1-3H3,(H,32,35)/t27-/m1/s1. The fourth-order valence-corrected chi connectivity index (χ4v) is 3.87. The van der Waals surface area contributed by atoms with Gasteiger partial charge in [0.1, 0.15) is 17.6 Å². The van der Waals surface area contributed by atoms with Crippen LogP contribution in [0, 0.1) is 5.82 Å². The van der Waals surface area contributed by atoms with Crippen molar-refractivity contribution in [3.05, 3.63) is 102 Å². The molecule has 0 fully saturated rings. The van der Waals surface area contributed by atoms with E-state index in [1.165, 1.54) is 12.1 Å². The van der Waals surface area contributed by atoms with Crippen LogP contribution in [0.15, 0.2) is 84.9 Å². The van der Waals surface area contributed by atoms with E-state index in [4.69, 9.17) is 4.74 Å². The van der Waals surface area contributed by atoms with Gasteiger partial charge in [-0.2, -0.15) is 0 Å². The zero-order valence-corrected chi connectivity index (χ0v) is 21.2. The van der Waals surface area contributed by atoms with Crippen molar-refractivity contribution in [1.29, 1.82) is 0 Å². The van der Waals surface area contributed by atoms with Gasteiger partial charge in [0, 0.05) is 24.9 Å². The zero-order valence-electron chi connectivity index (χ0n) is 21.2. The maximum absolute atomic E-state index is 13.5. The topological polar surface area (TPSA) is 58.6 Å². The summed E-state index contributed by atoms with van der Waals surface area (Å²) in [4.78, 5) is 28.6. The Hall–Kier alpha value is -3.67. The largest absolute Gasteiger partial charge is 0.494 e. The van der Waals surface area contributed by atoms with Crippen LogP contribution in [-0.4, -0.2) is 34.9 Å². The third-order valence-corrected chi connectivity index (χ3v) is 5.58. The third-order valence-electron chi connectivity index (χ3n) is 5.58. The van der Waals surface area contributed by atoms with Crippen LogP contribution in [0.5, 0.6) is 5.75 Å². The lowest BCUT2D eigenvalue weighted by Gasteiger charge is -2.34. The number of halogens is 1. The fourth-order valence-electron chi connectivity index (χ4n) is 3.87. The molecule has 190 valence electrons. The number of hydrogen-bond acceptors (Lipinski definition) is 3. The lowest BCUT2D eigenvalue weighted by molar-refractivity contribution is -0.142. The van der Waals surface area contributed by atoms with Gasteiger partial charge >= 0.3 is 0 Å². The van der Waals surface area contributed by atoms with Crippen molar-refractivity contribution in [3.8, 4) is 5.75 Å². The summed E-state index contributed by atoms with van der Waals surface area (Å²) in [6.07, 6.45) is 1.10. The smallest absolute Gasteiger partial charge is 0.243 e. The van der Waals surface area contributed by atoms with Crippen molar-refractivity contribution in [2.45, 2.75) is 58.2 Å². The van der Waals surface area contributed by atoms with Crippen molar-refractivity contribution < 1.29 is 18.7 Å². The first-order valence-corrected chi connectivity index (χ1v) is 12.3. The Labute approximate surface area is 213 Å². The summed E-state index contributed by atoms with van der Waals surface area (Å²) in [5.41, 5.74) is 1.25. The number of para-hydroxylation sites is 1. The molecule has 0 saturated heterocycles. The first-order valence-electron chi connectivity index (χ1n) is 12.3. The van der Waals surface area contributed by atoms with Gasteiger partial charge in [0.2, 0.25) is 11.8 Å². The molecule has 0 aliphatic rings. The molecule has 0 aliphatic heterocycles. The van der Waals surface area contributed by atoms with Gasteiger partial charge in [-0.1, -0.05) is 60.7 Å². The molecule has 3 aromatic rings. The second kappa shape index (κ2) is 12.9. The van der Waals surface area contributed by atoms with E-state index in [0.717, 1.165) is 16.9 Å². The summed E-state index contributed by atoms with van der Waals surface area (Å²) in [6, 6.07) is 24.4. The maximum Gasteiger partial charge on any atom is 0.243 e. The highest BCUT2D eigenvalue weighted by molar-refractivity contribution is 5.88. The maximum atomic E-state index is 13.5. The molecule has 2 amide bonds. The molecule has 0 radical (unpaired) electrons. The Morgan fingerprint density at radius 2 is 1.50 bits per heavy atom. The Bertz CT molecular complexity index is 1100. The van der Waals surface area contributed by atoms with Crippen LogP contribution in [0.25, 0.3) is 0 Å². The Balaban J connectivity index is 1.81. The highest BCUT2D eigenvalue weighted by Gasteiger charge is 2.32. The molecule has 1 atom stereocenters. The van der Waals surface area contributed by atoms with Crippen LogP contribution in [0.4, 0.5) is 4.39 Å². The van der Waals surface area contributed by atoms with Crippen molar-refractivity contribution in [1.82, 2.24) is 10.2 Å². The van der Waals surface area contributed by atoms with E-state index in [0.29, 0.717) is 19.4 Å². The van der Waals surface area contributed by atoms with Crippen LogP contribution in [0.1, 0.15) is 44.7 Å². The molecular weight excluding hydrogens is 455 g/mol. The predicted molar refractivity (Wildman–Crippen MR) is 140 cm³/mol. The molecule has 5 nitrogen and oxygen atoms in total. The van der Waals surface area contributed by atoms with Crippen LogP contribution in [0.2, 0.25) is 0 Å². The number of nitrogens with one attached hydrogen (secondary N) is 1. The molecule has 0 bridgehead atoms. The summed E-state index contributed by atoms with van der Waals surface area (Å²) in [5, 5.41) is 3.04. The number of carbonyl (C=O) groups excluding carboxylic acids is 2. The summed E-state index contributed by atoms with van der Waals surface area (Å²) in [6.45, 7) is 6.33. The average molecular weight is 491 g/mol. The van der Waals surface area contributed by atoms with E-state index in [-0.39, 0.29) is 30.6 Å². The average Bonchev–Trinajstić information content (AvgIpc) is 2.85. The quantitative estimate of drug-likeness (QED) is 0.359. The van der Waals surface area contributed by atoms with Gasteiger partial charge in [-0.3, -0.25) is 9.59 Å². The van der Waals surface area contributed by atoms with Gasteiger partial charge in [-0.15, -0.1) is 0 Å². The number of amides is 2. The molecule has 1 N–H and O–H groups in total. The van der Waals surface area contributed by atoms with Gasteiger partial charge in [0.25, 0.3) is 0 Å². The number of benzene rings is 3. The number of carbonyl (C=O) groups is 2. The normalized spacial score (nSPS) is 12.0. The summed E-state index contributed by atoms with van der Waals surface area (Å²) < 4.78 is 19.3. The molecule has 3 rings (SSSR count). The van der Waals surface area contributed by atoms with Gasteiger partial charge < -0.3 is 15.0 Å². The second-order valence-electron chi connectivity index (χ2n) is 9.86. The molecule has 0 spiro atoms. The van der Waals surface area contributed by atoms with Crippen LogP contribution < -0.4 is 10.1 Å². The van der Waals surface area contributed by atoms with E-state index in [1.54, 1.807) is 17.0 Å². The molecule has 0 saturated carbocycles. The van der Waals surface area contributed by atoms with Crippen LogP contribution in [0.3, 0.4) is 0 Å². The minimum atomic E-state index is -0.723. The van der Waals surface area contributed by atoms with Gasteiger partial charge in [0.05, 0.1) is 6.61 Å². The second-order valence-corrected chi connectivity index (χ2v) is 9.86. The highest BCUT2D eigenvalue weighted by atomic mass is 19.1. The minimum absolute atomic E-state index is 0.152. The molecule has 36 heavy (non-hydrogen) atoms. The van der Waals surface area contributed by atoms with E-state index in [2.05, 4.69) is 5.32 Å². The Kier molecular flexibility index (Phi) is 9.62. The number of nitrogens with zero attached hydrogens (tertiary/aromatic N) is 1. The summed E-state index contributed by atoms with van der Waals surface area (Å²) >= 11 is 0. The van der Waals surface area contributed by atoms with E-state index in [9.17, 15) is 14.0 Å². The summed E-state index contributed by atoms with van der Waals surface area (Å²) in [7, 11) is 0. The monoisotopic (exact) mass is 490 g/mol. The van der Waals surface area contributed by atoms with Crippen LogP contribution >= 0.6 is 0 Å². The molecule has 0 aliphatic carbocycles. The van der Waals surface area contributed by atoms with Crippen LogP contribution in [-0.2, 0) is 22.6 Å². The Morgan fingerprint density at radius 1 is 0.889 bits per heavy atom. The number of rotatable bonds is 11. The van der Waals surface area contributed by atoms with Crippen molar-refractivity contribution in [2.24, 2.45) is 0 Å². The van der Waals surface area contributed by atoms with Crippen molar-refractivity contribution in [3.63, 3.8) is 0 Å². The zero-order chi connectivity index (χ0) is 26.0. The number of hydrogen-bond donors (Lipinski definition) is 1. The fraction of sp³-hybridized carbons (Fsp3) is 0.333. The van der Waals surface area contributed by atoms with Crippen molar-refractivity contribution in [2.75, 3.05) is 6.61 Å². The lowest BCUT2D eigenvalue weighted by atomic mass is 10.00. The Morgan fingerprint density at radius 3 is 2.11 bits per heavy atom. The van der Waals surface area contributed by atoms with E-state index >= 15 is 0 Å². The molecule has 0 unspecified atom stereocenters. The third kappa shape index (κ3) is 8.84.